The molecule has 0 saturated heterocycles. The maximum Gasteiger partial charge on any atom is 0.200 e. The van der Waals surface area contributed by atoms with Crippen molar-refractivity contribution in [2.75, 3.05) is 6.61 Å². The molecule has 1 nitrogen and oxygen atoms in total. The number of hydrogen-bond acceptors (Lipinski definition) is 1. The minimum absolute atomic E-state index is 0.0224. The molecule has 0 aliphatic heterocycles. The van der Waals surface area contributed by atoms with Crippen molar-refractivity contribution in [3.8, 4) is 5.75 Å². The third-order valence-corrected chi connectivity index (χ3v) is 8.85. The molecule has 202 valence electrons. The Labute approximate surface area is 223 Å². The zero-order chi connectivity index (χ0) is 26.0. The van der Waals surface area contributed by atoms with Crippen LogP contribution in [0, 0.1) is 23.5 Å². The van der Waals surface area contributed by atoms with Crippen LogP contribution < -0.4 is 4.74 Å². The molecule has 0 aromatic heterocycles. The molecule has 0 heterocycles. The Bertz CT molecular complexity index is 980. The predicted molar refractivity (Wildman–Crippen MR) is 150 cm³/mol. The summed E-state index contributed by atoms with van der Waals surface area (Å²) < 4.78 is 34.1. The molecule has 2 aliphatic carbocycles. The molecule has 2 aromatic carbocycles. The number of hydrogen-bond donors (Lipinski definition) is 0. The van der Waals surface area contributed by atoms with Crippen molar-refractivity contribution in [3.05, 3.63) is 76.9 Å². The van der Waals surface area contributed by atoms with E-state index in [2.05, 4.69) is 43.3 Å². The summed E-state index contributed by atoms with van der Waals surface area (Å²) in [6.07, 6.45) is 20.3. The lowest BCUT2D eigenvalue weighted by Gasteiger charge is -2.29. The summed E-state index contributed by atoms with van der Waals surface area (Å²) in [4.78, 5) is 0. The van der Waals surface area contributed by atoms with Crippen LogP contribution in [0.1, 0.15) is 119 Å². The molecule has 0 amide bonds. The van der Waals surface area contributed by atoms with Crippen LogP contribution >= 0.6 is 0 Å². The molecule has 0 radical (unpaired) electrons. The van der Waals surface area contributed by atoms with E-state index in [0.29, 0.717) is 18.1 Å². The molecular formula is C34H46F2O. The van der Waals surface area contributed by atoms with Gasteiger partial charge in [-0.25, -0.2) is 4.39 Å². The number of ether oxygens (including phenoxy) is 1. The van der Waals surface area contributed by atoms with Crippen molar-refractivity contribution in [1.82, 2.24) is 0 Å². The van der Waals surface area contributed by atoms with Crippen LogP contribution in [0.5, 0.6) is 5.75 Å². The highest BCUT2D eigenvalue weighted by Crippen LogP contribution is 2.40. The number of allylic oxidation sites excluding steroid dienone is 2. The molecule has 0 unspecified atom stereocenters. The van der Waals surface area contributed by atoms with E-state index in [1.54, 1.807) is 19.1 Å². The van der Waals surface area contributed by atoms with Crippen LogP contribution in [0.3, 0.4) is 0 Å². The van der Waals surface area contributed by atoms with E-state index in [4.69, 9.17) is 4.74 Å². The number of halogens is 2. The predicted octanol–water partition coefficient (Wildman–Crippen LogP) is 10.3. The van der Waals surface area contributed by atoms with E-state index in [9.17, 15) is 8.78 Å². The fraction of sp³-hybridized carbons (Fsp3) is 0.588. The van der Waals surface area contributed by atoms with Crippen molar-refractivity contribution in [2.24, 2.45) is 11.8 Å². The molecule has 0 N–H and O–H groups in total. The summed E-state index contributed by atoms with van der Waals surface area (Å²) in [5.41, 5.74) is 3.54. The molecule has 0 spiro atoms. The Morgan fingerprint density at radius 1 is 0.811 bits per heavy atom. The first kappa shape index (κ1) is 27.9. The van der Waals surface area contributed by atoms with E-state index < -0.39 is 11.6 Å². The van der Waals surface area contributed by atoms with Crippen molar-refractivity contribution in [3.63, 3.8) is 0 Å². The molecule has 2 fully saturated rings. The van der Waals surface area contributed by atoms with Gasteiger partial charge in [0.15, 0.2) is 11.6 Å². The molecule has 37 heavy (non-hydrogen) atoms. The van der Waals surface area contributed by atoms with Gasteiger partial charge in [-0.2, -0.15) is 4.39 Å². The zero-order valence-corrected chi connectivity index (χ0v) is 23.0. The fourth-order valence-electron chi connectivity index (χ4n) is 6.49. The van der Waals surface area contributed by atoms with Gasteiger partial charge in [0.05, 0.1) is 6.61 Å². The first-order valence-electron chi connectivity index (χ1n) is 14.9. The van der Waals surface area contributed by atoms with Gasteiger partial charge >= 0.3 is 0 Å². The molecule has 2 saturated carbocycles. The van der Waals surface area contributed by atoms with Gasteiger partial charge in [0, 0.05) is 0 Å². The van der Waals surface area contributed by atoms with E-state index in [0.717, 1.165) is 43.9 Å². The van der Waals surface area contributed by atoms with Crippen LogP contribution in [-0.4, -0.2) is 6.61 Å². The molecular weight excluding hydrogens is 462 g/mol. The van der Waals surface area contributed by atoms with E-state index in [-0.39, 0.29) is 11.7 Å². The highest BCUT2D eigenvalue weighted by atomic mass is 19.2. The zero-order valence-electron chi connectivity index (χ0n) is 23.0. The monoisotopic (exact) mass is 508 g/mol. The van der Waals surface area contributed by atoms with E-state index in [1.807, 2.05) is 0 Å². The first-order valence-corrected chi connectivity index (χ1v) is 14.9. The largest absolute Gasteiger partial charge is 0.491 e. The minimum atomic E-state index is -0.832. The highest BCUT2D eigenvalue weighted by molar-refractivity contribution is 5.33. The number of benzene rings is 2. The number of rotatable bonds is 11. The van der Waals surface area contributed by atoms with Crippen LogP contribution in [0.4, 0.5) is 8.78 Å². The van der Waals surface area contributed by atoms with Gasteiger partial charge in [-0.05, 0) is 130 Å². The summed E-state index contributed by atoms with van der Waals surface area (Å²) >= 11 is 0. The summed E-state index contributed by atoms with van der Waals surface area (Å²) in [6.45, 7) is 4.37. The minimum Gasteiger partial charge on any atom is -0.491 e. The number of aryl methyl sites for hydroxylation is 1. The molecule has 2 aliphatic rings. The topological polar surface area (TPSA) is 9.23 Å². The third-order valence-electron chi connectivity index (χ3n) is 8.85. The summed E-state index contributed by atoms with van der Waals surface area (Å²) in [7, 11) is 0. The first-order chi connectivity index (χ1) is 18.1. The standard InChI is InChI=1S/C34H46F2O/c1-3-5-8-25-11-17-28(18-12-25)29-19-13-26(14-20-29)9-6-7-10-27-15-21-30(22-16-27)31-23-24-32(37-4-2)34(36)33(31)35/h6,9,11-12,17-18,23-24,26-27,29-30H,3-5,7-8,10,13-16,19-22H2,1-2H3/b9-6+. The van der Waals surface area contributed by atoms with Crippen LogP contribution in [-0.2, 0) is 6.42 Å². The molecule has 2 aromatic rings. The molecule has 0 bridgehead atoms. The Morgan fingerprint density at radius 2 is 1.51 bits per heavy atom. The molecule has 3 heteroatoms. The molecule has 0 atom stereocenters. The van der Waals surface area contributed by atoms with Crippen molar-refractivity contribution >= 4 is 0 Å². The summed E-state index contributed by atoms with van der Waals surface area (Å²) in [5, 5.41) is 0. The second-order valence-electron chi connectivity index (χ2n) is 11.4. The average Bonchev–Trinajstić information content (AvgIpc) is 2.94. The van der Waals surface area contributed by atoms with Crippen molar-refractivity contribution in [1.29, 1.82) is 0 Å². The van der Waals surface area contributed by atoms with Crippen LogP contribution in [0.25, 0.3) is 0 Å². The van der Waals surface area contributed by atoms with Crippen LogP contribution in [0.15, 0.2) is 48.6 Å². The lowest BCUT2D eigenvalue weighted by molar-refractivity contribution is 0.297. The van der Waals surface area contributed by atoms with E-state index >= 15 is 0 Å². The van der Waals surface area contributed by atoms with Gasteiger partial charge in [-0.1, -0.05) is 55.8 Å². The maximum atomic E-state index is 14.6. The van der Waals surface area contributed by atoms with Gasteiger partial charge < -0.3 is 4.74 Å². The van der Waals surface area contributed by atoms with Crippen molar-refractivity contribution < 1.29 is 13.5 Å². The van der Waals surface area contributed by atoms with Gasteiger partial charge in [-0.3, -0.25) is 0 Å². The Hall–Kier alpha value is -2.16. The fourth-order valence-corrected chi connectivity index (χ4v) is 6.49. The lowest BCUT2D eigenvalue weighted by atomic mass is 9.76. The molecule has 4 rings (SSSR count). The smallest absolute Gasteiger partial charge is 0.200 e. The normalized spacial score (nSPS) is 24.4. The summed E-state index contributed by atoms with van der Waals surface area (Å²) in [5.74, 6) is 0.764. The number of unbranched alkanes of at least 4 members (excludes halogenated alkanes) is 1. The van der Waals surface area contributed by atoms with Crippen LogP contribution in [0.2, 0.25) is 0 Å². The van der Waals surface area contributed by atoms with Crippen molar-refractivity contribution in [2.45, 2.75) is 109 Å². The van der Waals surface area contributed by atoms with Gasteiger partial charge in [0.1, 0.15) is 0 Å². The SMILES string of the molecule is CCCCc1ccc(C2CCC(/C=C/CCC3CCC(c4ccc(OCC)c(F)c4F)CC3)CC2)cc1. The average molecular weight is 509 g/mol. The highest BCUT2D eigenvalue weighted by Gasteiger charge is 2.26. The Kier molecular flexibility index (Phi) is 10.6. The van der Waals surface area contributed by atoms with Gasteiger partial charge in [0.25, 0.3) is 0 Å². The Morgan fingerprint density at radius 3 is 2.19 bits per heavy atom. The van der Waals surface area contributed by atoms with Gasteiger partial charge in [0.2, 0.25) is 5.82 Å². The third kappa shape index (κ3) is 7.68. The van der Waals surface area contributed by atoms with Gasteiger partial charge in [-0.15, -0.1) is 0 Å². The second kappa shape index (κ2) is 14.1. The Balaban J connectivity index is 1.15. The second-order valence-corrected chi connectivity index (χ2v) is 11.4. The lowest BCUT2D eigenvalue weighted by Crippen LogP contribution is -2.15. The maximum absolute atomic E-state index is 14.6. The summed E-state index contributed by atoms with van der Waals surface area (Å²) in [6, 6.07) is 12.8. The quantitative estimate of drug-likeness (QED) is 0.274. The van der Waals surface area contributed by atoms with E-state index in [1.165, 1.54) is 62.5 Å².